The van der Waals surface area contributed by atoms with E-state index in [0.29, 0.717) is 22.7 Å². The van der Waals surface area contributed by atoms with Crippen molar-refractivity contribution >= 4 is 34.4 Å². The zero-order chi connectivity index (χ0) is 24.4. The lowest BCUT2D eigenvalue weighted by Crippen LogP contribution is -2.27. The van der Waals surface area contributed by atoms with Crippen molar-refractivity contribution in [3.05, 3.63) is 70.9 Å². The quantitative estimate of drug-likeness (QED) is 0.207. The Kier molecular flexibility index (Phi) is 6.04. The summed E-state index contributed by atoms with van der Waals surface area (Å²) >= 11 is 0. The highest BCUT2D eigenvalue weighted by Gasteiger charge is 2.21. The average Bonchev–Trinajstić information content (AvgIpc) is 3.50. The van der Waals surface area contributed by atoms with Crippen molar-refractivity contribution in [2.75, 3.05) is 19.5 Å². The van der Waals surface area contributed by atoms with Crippen molar-refractivity contribution in [1.29, 1.82) is 5.41 Å². The predicted molar refractivity (Wildman–Crippen MR) is 122 cm³/mol. The van der Waals surface area contributed by atoms with Crippen LogP contribution in [-0.2, 0) is 4.74 Å². The molecule has 11 nitrogen and oxygen atoms in total. The number of ether oxygens (including phenoxy) is 1. The second-order valence-corrected chi connectivity index (χ2v) is 7.34. The second kappa shape index (κ2) is 9.10. The lowest BCUT2D eigenvalue weighted by atomic mass is 10.1. The van der Waals surface area contributed by atoms with Gasteiger partial charge in [0.2, 0.25) is 0 Å². The number of methoxy groups -OCH3 is 1. The van der Waals surface area contributed by atoms with Crippen LogP contribution in [0.1, 0.15) is 50.9 Å². The number of H-pyrrole nitrogens is 2. The standard InChI is InChI=1S/C22H21FN8O3/c1-10(19-27-9-16(31-19)22(33)34-3)29-21(32)13-7-26-20-18(13)30-15(8-28-20)17(24)12-5-4-11(23)6-14(12)25-2/h4-10,24-25H,1-3H3,(H,26,28)(H,27,31)(H,29,32). The molecule has 34 heavy (non-hydrogen) atoms. The third kappa shape index (κ3) is 4.20. The Balaban J connectivity index is 1.60. The number of hydrogen-bond acceptors (Lipinski definition) is 8. The van der Waals surface area contributed by atoms with E-state index in [1.807, 2.05) is 0 Å². The maximum atomic E-state index is 13.6. The summed E-state index contributed by atoms with van der Waals surface area (Å²) < 4.78 is 18.2. The Morgan fingerprint density at radius 2 is 2.00 bits per heavy atom. The van der Waals surface area contributed by atoms with E-state index >= 15 is 0 Å². The highest BCUT2D eigenvalue weighted by molar-refractivity contribution is 6.14. The van der Waals surface area contributed by atoms with Gasteiger partial charge in [0.25, 0.3) is 5.91 Å². The van der Waals surface area contributed by atoms with Crippen LogP contribution < -0.4 is 10.6 Å². The molecule has 1 aromatic carbocycles. The fourth-order valence-corrected chi connectivity index (χ4v) is 3.38. The zero-order valence-electron chi connectivity index (χ0n) is 18.5. The summed E-state index contributed by atoms with van der Waals surface area (Å²) in [6.45, 7) is 1.70. The van der Waals surface area contributed by atoms with E-state index in [4.69, 9.17) is 5.41 Å². The zero-order valence-corrected chi connectivity index (χ0v) is 18.5. The highest BCUT2D eigenvalue weighted by atomic mass is 19.1. The molecule has 0 radical (unpaired) electrons. The molecule has 4 rings (SSSR count). The molecule has 0 fully saturated rings. The normalized spacial score (nSPS) is 11.8. The summed E-state index contributed by atoms with van der Waals surface area (Å²) in [6, 6.07) is 3.47. The Labute approximate surface area is 192 Å². The van der Waals surface area contributed by atoms with Gasteiger partial charge in [0.05, 0.1) is 36.8 Å². The number of aromatic nitrogens is 5. The molecule has 3 heterocycles. The molecule has 12 heteroatoms. The molecule has 0 bridgehead atoms. The number of carbonyl (C=O) groups is 2. The SMILES string of the molecule is CNc1cc(F)ccc1C(=N)c1cnc2[nH]cc(C(=O)NC(C)c3ncc(C(=O)OC)[nH]3)c2n1. The molecular formula is C22H21FN8O3. The number of nitrogens with zero attached hydrogens (tertiary/aromatic N) is 3. The first-order chi connectivity index (χ1) is 16.3. The Bertz CT molecular complexity index is 1410. The number of fused-ring (bicyclic) bond motifs is 1. The van der Waals surface area contributed by atoms with E-state index in [9.17, 15) is 14.0 Å². The number of nitrogens with one attached hydrogen (secondary N) is 5. The second-order valence-electron chi connectivity index (χ2n) is 7.34. The molecule has 0 saturated heterocycles. The number of hydrogen-bond donors (Lipinski definition) is 5. The molecule has 0 saturated carbocycles. The summed E-state index contributed by atoms with van der Waals surface area (Å²) in [5.41, 5.74) is 2.13. The Hall–Kier alpha value is -4.61. The van der Waals surface area contributed by atoms with Crippen LogP contribution in [-0.4, -0.2) is 56.7 Å². The van der Waals surface area contributed by atoms with Gasteiger partial charge in [0.15, 0.2) is 5.65 Å². The molecule has 4 aromatic rings. The van der Waals surface area contributed by atoms with Gasteiger partial charge in [-0.2, -0.15) is 0 Å². The molecule has 1 amide bonds. The van der Waals surface area contributed by atoms with Crippen LogP contribution in [0.4, 0.5) is 10.1 Å². The van der Waals surface area contributed by atoms with Crippen molar-refractivity contribution in [2.24, 2.45) is 0 Å². The van der Waals surface area contributed by atoms with E-state index in [1.54, 1.807) is 14.0 Å². The molecule has 0 aliphatic rings. The topological polar surface area (TPSA) is 162 Å². The molecule has 0 spiro atoms. The minimum absolute atomic E-state index is 0.0191. The molecule has 0 aliphatic carbocycles. The number of esters is 1. The predicted octanol–water partition coefficient (Wildman–Crippen LogP) is 2.56. The fourth-order valence-electron chi connectivity index (χ4n) is 3.38. The van der Waals surface area contributed by atoms with Gasteiger partial charge in [-0.3, -0.25) is 10.2 Å². The third-order valence-corrected chi connectivity index (χ3v) is 5.16. The van der Waals surface area contributed by atoms with Crippen LogP contribution in [0.15, 0.2) is 36.8 Å². The van der Waals surface area contributed by atoms with Crippen molar-refractivity contribution in [2.45, 2.75) is 13.0 Å². The number of imidazole rings is 1. The van der Waals surface area contributed by atoms with Crippen LogP contribution in [0.5, 0.6) is 0 Å². The smallest absolute Gasteiger partial charge is 0.356 e. The van der Waals surface area contributed by atoms with Crippen LogP contribution in [0, 0.1) is 11.2 Å². The number of aromatic amines is 2. The number of rotatable bonds is 7. The van der Waals surface area contributed by atoms with E-state index in [2.05, 4.69) is 40.3 Å². The number of carbonyl (C=O) groups excluding carboxylic acids is 2. The maximum absolute atomic E-state index is 13.6. The molecule has 1 atom stereocenters. The van der Waals surface area contributed by atoms with E-state index in [-0.39, 0.29) is 28.2 Å². The van der Waals surface area contributed by atoms with Gasteiger partial charge in [-0.1, -0.05) is 0 Å². The van der Waals surface area contributed by atoms with Crippen LogP contribution in [0.3, 0.4) is 0 Å². The van der Waals surface area contributed by atoms with Gasteiger partial charge < -0.3 is 25.3 Å². The van der Waals surface area contributed by atoms with E-state index in [1.165, 1.54) is 43.9 Å². The van der Waals surface area contributed by atoms with Gasteiger partial charge in [-0.05, 0) is 25.1 Å². The molecular weight excluding hydrogens is 443 g/mol. The first-order valence-electron chi connectivity index (χ1n) is 10.2. The van der Waals surface area contributed by atoms with Gasteiger partial charge in [0, 0.05) is 24.5 Å². The first-order valence-corrected chi connectivity index (χ1v) is 10.2. The molecule has 1 unspecified atom stereocenters. The minimum atomic E-state index is -0.568. The molecule has 5 N–H and O–H groups in total. The Morgan fingerprint density at radius 1 is 1.21 bits per heavy atom. The van der Waals surface area contributed by atoms with Crippen molar-refractivity contribution < 1.29 is 18.7 Å². The van der Waals surface area contributed by atoms with Crippen LogP contribution >= 0.6 is 0 Å². The van der Waals surface area contributed by atoms with Gasteiger partial charge >= 0.3 is 5.97 Å². The summed E-state index contributed by atoms with van der Waals surface area (Å²) in [5.74, 6) is -1.08. The van der Waals surface area contributed by atoms with Crippen molar-refractivity contribution in [1.82, 2.24) is 30.2 Å². The summed E-state index contributed by atoms with van der Waals surface area (Å²) in [5, 5.41) is 14.2. The lowest BCUT2D eigenvalue weighted by Gasteiger charge is -2.12. The van der Waals surface area contributed by atoms with Gasteiger partial charge in [0.1, 0.15) is 28.5 Å². The van der Waals surface area contributed by atoms with Crippen LogP contribution in [0.2, 0.25) is 0 Å². The van der Waals surface area contributed by atoms with E-state index < -0.39 is 23.7 Å². The maximum Gasteiger partial charge on any atom is 0.356 e. The minimum Gasteiger partial charge on any atom is -0.464 e. The molecule has 0 aliphatic heterocycles. The van der Waals surface area contributed by atoms with Crippen LogP contribution in [0.25, 0.3) is 11.2 Å². The average molecular weight is 464 g/mol. The number of anilines is 1. The molecule has 3 aromatic heterocycles. The van der Waals surface area contributed by atoms with Crippen molar-refractivity contribution in [3.8, 4) is 0 Å². The Morgan fingerprint density at radius 3 is 2.74 bits per heavy atom. The fraction of sp³-hybridized carbons (Fsp3) is 0.182. The van der Waals surface area contributed by atoms with Gasteiger partial charge in [-0.15, -0.1) is 0 Å². The lowest BCUT2D eigenvalue weighted by molar-refractivity contribution is 0.0594. The first kappa shape index (κ1) is 22.6. The summed E-state index contributed by atoms with van der Waals surface area (Å²) in [7, 11) is 2.89. The van der Waals surface area contributed by atoms with Crippen molar-refractivity contribution in [3.63, 3.8) is 0 Å². The van der Waals surface area contributed by atoms with Gasteiger partial charge in [-0.25, -0.2) is 24.1 Å². The highest BCUT2D eigenvalue weighted by Crippen LogP contribution is 2.22. The number of halogens is 1. The molecule has 174 valence electrons. The third-order valence-electron chi connectivity index (χ3n) is 5.16. The largest absolute Gasteiger partial charge is 0.464 e. The summed E-state index contributed by atoms with van der Waals surface area (Å²) in [6.07, 6.45) is 4.21. The number of benzene rings is 1. The van der Waals surface area contributed by atoms with E-state index in [0.717, 1.165) is 0 Å². The number of amides is 1. The monoisotopic (exact) mass is 464 g/mol. The summed E-state index contributed by atoms with van der Waals surface area (Å²) in [4.78, 5) is 43.1.